The molecule has 2 N–H and O–H groups in total. The van der Waals surface area contributed by atoms with Crippen molar-refractivity contribution in [3.8, 4) is 0 Å². The molecule has 7 nitrogen and oxygen atoms in total. The monoisotopic (exact) mass is 434 g/mol. The molecule has 1 aliphatic rings. The maximum atomic E-state index is 13.1. The zero-order chi connectivity index (χ0) is 21.6. The van der Waals surface area contributed by atoms with Gasteiger partial charge >= 0.3 is 0 Å². The number of halogens is 1. The number of benzene rings is 2. The third-order valence-corrected chi connectivity index (χ3v) is 5.57. The zero-order valence-corrected chi connectivity index (χ0v) is 17.8. The summed E-state index contributed by atoms with van der Waals surface area (Å²) in [5.41, 5.74) is 2.08. The Hall–Kier alpha value is -2.65. The predicted molar refractivity (Wildman–Crippen MR) is 117 cm³/mol. The molecule has 1 amide bonds. The average Bonchev–Trinajstić information content (AvgIpc) is 2.70. The van der Waals surface area contributed by atoms with Gasteiger partial charge in [-0.3, -0.25) is 14.4 Å². The number of hydrogen-bond donors (Lipinski definition) is 2. The van der Waals surface area contributed by atoms with Crippen molar-refractivity contribution in [1.29, 1.82) is 0 Å². The summed E-state index contributed by atoms with van der Waals surface area (Å²) in [6, 6.07) is 13.4. The van der Waals surface area contributed by atoms with Crippen molar-refractivity contribution in [2.75, 3.05) is 55.1 Å². The van der Waals surface area contributed by atoms with Gasteiger partial charge in [0.25, 0.3) is 0 Å². The minimum Gasteiger partial charge on any atom is -0.369 e. The van der Waals surface area contributed by atoms with Crippen LogP contribution >= 0.6 is 0 Å². The Kier molecular flexibility index (Phi) is 7.28. The van der Waals surface area contributed by atoms with E-state index in [2.05, 4.69) is 19.8 Å². The van der Waals surface area contributed by atoms with Gasteiger partial charge in [-0.15, -0.1) is 0 Å². The van der Waals surface area contributed by atoms with Gasteiger partial charge in [0.15, 0.2) is 0 Å². The summed E-state index contributed by atoms with van der Waals surface area (Å²) in [5, 5.41) is 2.90. The van der Waals surface area contributed by atoms with Crippen molar-refractivity contribution in [2.24, 2.45) is 0 Å². The molecule has 0 aliphatic carbocycles. The Balaban J connectivity index is 1.41. The van der Waals surface area contributed by atoms with Crippen LogP contribution in [0.3, 0.4) is 0 Å². The van der Waals surface area contributed by atoms with Gasteiger partial charge in [-0.05, 0) is 35.9 Å². The number of nitrogens with zero attached hydrogens (tertiary/aromatic N) is 2. The summed E-state index contributed by atoms with van der Waals surface area (Å²) < 4.78 is 38.5. The van der Waals surface area contributed by atoms with Gasteiger partial charge < -0.3 is 10.2 Å². The first kappa shape index (κ1) is 22.0. The molecule has 0 spiro atoms. The van der Waals surface area contributed by atoms with Gasteiger partial charge in [-0.1, -0.05) is 18.2 Å². The molecule has 0 radical (unpaired) electrons. The van der Waals surface area contributed by atoms with E-state index in [-0.39, 0.29) is 18.1 Å². The molecule has 1 saturated heterocycles. The molecule has 1 aliphatic heterocycles. The van der Waals surface area contributed by atoms with E-state index in [1.54, 1.807) is 36.4 Å². The van der Waals surface area contributed by atoms with Gasteiger partial charge in [0, 0.05) is 45.0 Å². The average molecular weight is 435 g/mol. The van der Waals surface area contributed by atoms with Crippen molar-refractivity contribution < 1.29 is 17.6 Å². The number of hydrogen-bond acceptors (Lipinski definition) is 5. The lowest BCUT2D eigenvalue weighted by Crippen LogP contribution is -2.48. The van der Waals surface area contributed by atoms with Crippen molar-refractivity contribution >= 4 is 27.3 Å². The van der Waals surface area contributed by atoms with Crippen LogP contribution in [0.15, 0.2) is 48.5 Å². The summed E-state index contributed by atoms with van der Waals surface area (Å²) in [4.78, 5) is 16.8. The highest BCUT2D eigenvalue weighted by Crippen LogP contribution is 2.18. The fourth-order valence-corrected chi connectivity index (χ4v) is 4.04. The molecule has 0 aromatic heterocycles. The molecule has 2 aromatic rings. The quantitative estimate of drug-likeness (QED) is 0.661. The summed E-state index contributed by atoms with van der Waals surface area (Å²) >= 11 is 0. The van der Waals surface area contributed by atoms with E-state index in [1.165, 1.54) is 12.1 Å². The van der Waals surface area contributed by atoms with Crippen molar-refractivity contribution in [1.82, 2.24) is 10.2 Å². The molecule has 0 saturated carbocycles. The lowest BCUT2D eigenvalue weighted by atomic mass is 10.1. The van der Waals surface area contributed by atoms with Crippen LogP contribution in [-0.2, 0) is 21.2 Å². The molecule has 0 bridgehead atoms. The van der Waals surface area contributed by atoms with Crippen molar-refractivity contribution in [3.63, 3.8) is 0 Å². The van der Waals surface area contributed by atoms with Crippen LogP contribution in [0, 0.1) is 5.82 Å². The van der Waals surface area contributed by atoms with Crippen LogP contribution in [-0.4, -0.2) is 64.7 Å². The Labute approximate surface area is 176 Å². The lowest BCUT2D eigenvalue weighted by Gasteiger charge is -2.36. The zero-order valence-electron chi connectivity index (χ0n) is 17.0. The lowest BCUT2D eigenvalue weighted by molar-refractivity contribution is -0.120. The minimum absolute atomic E-state index is 0.108. The first-order chi connectivity index (χ1) is 14.3. The number of carbonyl (C=O) groups excluding carboxylic acids is 1. The van der Waals surface area contributed by atoms with Crippen LogP contribution < -0.4 is 14.9 Å². The molecule has 9 heteroatoms. The summed E-state index contributed by atoms with van der Waals surface area (Å²) in [7, 11) is -3.40. The Morgan fingerprint density at radius 1 is 1.03 bits per heavy atom. The van der Waals surface area contributed by atoms with Gasteiger partial charge in [-0.2, -0.15) is 0 Å². The third-order valence-electron chi connectivity index (χ3n) is 4.98. The number of amides is 1. The number of carbonyl (C=O) groups is 1. The highest BCUT2D eigenvalue weighted by Gasteiger charge is 2.17. The second kappa shape index (κ2) is 9.90. The van der Waals surface area contributed by atoms with E-state index < -0.39 is 10.0 Å². The maximum Gasteiger partial charge on any atom is 0.229 e. The molecular formula is C21H27FN4O3S. The molecule has 3 rings (SSSR count). The van der Waals surface area contributed by atoms with Crippen LogP contribution in [0.25, 0.3) is 0 Å². The first-order valence-electron chi connectivity index (χ1n) is 9.85. The fraction of sp³-hybridized carbons (Fsp3) is 0.381. The number of sulfonamides is 1. The highest BCUT2D eigenvalue weighted by molar-refractivity contribution is 7.92. The molecule has 0 unspecified atom stereocenters. The smallest absolute Gasteiger partial charge is 0.229 e. The maximum absolute atomic E-state index is 13.1. The second-order valence-corrected chi connectivity index (χ2v) is 9.11. The molecule has 162 valence electrons. The van der Waals surface area contributed by atoms with E-state index in [4.69, 9.17) is 0 Å². The van der Waals surface area contributed by atoms with Gasteiger partial charge in [0.05, 0.1) is 18.4 Å². The SMILES string of the molecule is CS(=O)(=O)Nc1ccccc1CC(=O)NCCN1CCN(c2ccc(F)cc2)CC1. The van der Waals surface area contributed by atoms with Crippen LogP contribution in [0.4, 0.5) is 15.8 Å². The molecule has 0 atom stereocenters. The van der Waals surface area contributed by atoms with Crippen LogP contribution in [0.1, 0.15) is 5.56 Å². The fourth-order valence-electron chi connectivity index (χ4n) is 3.44. The van der Waals surface area contributed by atoms with Gasteiger partial charge in [0.2, 0.25) is 15.9 Å². The van der Waals surface area contributed by atoms with Crippen molar-refractivity contribution in [3.05, 3.63) is 59.9 Å². The van der Waals surface area contributed by atoms with E-state index in [1.807, 2.05) is 0 Å². The Bertz CT molecular complexity index is 958. The van der Waals surface area contributed by atoms with E-state index in [0.717, 1.165) is 44.7 Å². The molecule has 30 heavy (non-hydrogen) atoms. The van der Waals surface area contributed by atoms with Crippen molar-refractivity contribution in [2.45, 2.75) is 6.42 Å². The highest BCUT2D eigenvalue weighted by atomic mass is 32.2. The number of piperazine rings is 1. The summed E-state index contributed by atoms with van der Waals surface area (Å²) in [6.07, 6.45) is 1.19. The largest absolute Gasteiger partial charge is 0.369 e. The standard InChI is InChI=1S/C21H27FN4O3S/c1-30(28,29)24-20-5-3-2-4-17(20)16-21(27)23-10-11-25-12-14-26(15-13-25)19-8-6-18(22)7-9-19/h2-9,24H,10-16H2,1H3,(H,23,27). The number of anilines is 2. The number of rotatable bonds is 8. The summed E-state index contributed by atoms with van der Waals surface area (Å²) in [6.45, 7) is 4.71. The predicted octanol–water partition coefficient (Wildman–Crippen LogP) is 1.68. The normalized spacial score (nSPS) is 15.1. The number of nitrogens with one attached hydrogen (secondary N) is 2. The second-order valence-electron chi connectivity index (χ2n) is 7.36. The molecule has 1 fully saturated rings. The van der Waals surface area contributed by atoms with Gasteiger partial charge in [-0.25, -0.2) is 12.8 Å². The first-order valence-corrected chi connectivity index (χ1v) is 11.7. The van der Waals surface area contributed by atoms with E-state index in [9.17, 15) is 17.6 Å². The van der Waals surface area contributed by atoms with Crippen LogP contribution in [0.2, 0.25) is 0 Å². The summed E-state index contributed by atoms with van der Waals surface area (Å²) in [5.74, 6) is -0.384. The van der Waals surface area contributed by atoms with E-state index in [0.29, 0.717) is 17.8 Å². The third kappa shape index (κ3) is 6.70. The molecule has 2 aromatic carbocycles. The Morgan fingerprint density at radius 2 is 1.70 bits per heavy atom. The molecule has 1 heterocycles. The van der Waals surface area contributed by atoms with E-state index >= 15 is 0 Å². The molecular weight excluding hydrogens is 407 g/mol. The number of para-hydroxylation sites is 1. The Morgan fingerprint density at radius 3 is 2.37 bits per heavy atom. The minimum atomic E-state index is -3.40. The van der Waals surface area contributed by atoms with Gasteiger partial charge in [0.1, 0.15) is 5.82 Å². The topological polar surface area (TPSA) is 81.7 Å². The van der Waals surface area contributed by atoms with Crippen LogP contribution in [0.5, 0.6) is 0 Å².